The van der Waals surface area contributed by atoms with E-state index in [1.807, 2.05) is 42.5 Å². The molecular formula is C25H24N8O. The third kappa shape index (κ3) is 4.84. The summed E-state index contributed by atoms with van der Waals surface area (Å²) in [5, 5.41) is 13.6. The van der Waals surface area contributed by atoms with E-state index in [0.29, 0.717) is 28.9 Å². The van der Waals surface area contributed by atoms with Crippen molar-refractivity contribution in [3.8, 4) is 11.3 Å². The summed E-state index contributed by atoms with van der Waals surface area (Å²) in [7, 11) is 0. The maximum absolute atomic E-state index is 11.7. The standard InChI is InChI=1S/C25H24N8O/c1-2-22(34)31-18-5-3-4-16(12-18)23-24-17(8-11-27-23)13-29-25(33-24)32-19-6-7-21(28-15-19)30-20-9-10-26-14-20/h2-8,11-13,15,20,26H,1,9-10,14H2,(H,28,30)(H,31,34)(H,29,32,33)/t20-/m1/s1. The molecule has 4 aromatic rings. The molecule has 0 spiro atoms. The summed E-state index contributed by atoms with van der Waals surface area (Å²) in [6, 6.07) is 13.6. The number of benzene rings is 1. The zero-order chi connectivity index (χ0) is 23.3. The number of carbonyl (C=O) groups is 1. The number of amides is 1. The van der Waals surface area contributed by atoms with Crippen molar-refractivity contribution in [1.29, 1.82) is 0 Å². The number of carbonyl (C=O) groups excluding carboxylic acids is 1. The quantitative estimate of drug-likeness (QED) is 0.314. The van der Waals surface area contributed by atoms with Crippen molar-refractivity contribution in [3.05, 3.63) is 73.7 Å². The van der Waals surface area contributed by atoms with Gasteiger partial charge in [-0.15, -0.1) is 0 Å². The van der Waals surface area contributed by atoms with Crippen LogP contribution in [-0.4, -0.2) is 45.0 Å². The Hall–Kier alpha value is -4.37. The topological polar surface area (TPSA) is 117 Å². The minimum absolute atomic E-state index is 0.272. The lowest BCUT2D eigenvalue weighted by Crippen LogP contribution is -2.22. The molecule has 1 amide bonds. The fourth-order valence-corrected chi connectivity index (χ4v) is 3.83. The molecule has 170 valence electrons. The van der Waals surface area contributed by atoms with E-state index in [4.69, 9.17) is 4.98 Å². The molecule has 9 heteroatoms. The molecule has 4 N–H and O–H groups in total. The molecule has 5 rings (SSSR count). The average Bonchev–Trinajstić information content (AvgIpc) is 3.38. The van der Waals surface area contributed by atoms with Crippen LogP contribution in [0.2, 0.25) is 0 Å². The van der Waals surface area contributed by atoms with E-state index in [0.717, 1.165) is 42.0 Å². The zero-order valence-corrected chi connectivity index (χ0v) is 18.5. The number of hydrogen-bond acceptors (Lipinski definition) is 8. The molecule has 9 nitrogen and oxygen atoms in total. The Morgan fingerprint density at radius 1 is 1.09 bits per heavy atom. The first kappa shape index (κ1) is 21.5. The molecule has 4 heterocycles. The lowest BCUT2D eigenvalue weighted by Gasteiger charge is -2.12. The molecule has 1 atom stereocenters. The third-order valence-corrected chi connectivity index (χ3v) is 5.52. The van der Waals surface area contributed by atoms with Crippen LogP contribution in [0.5, 0.6) is 0 Å². The SMILES string of the molecule is C=CC(=O)Nc1cccc(-c2nccc3cnc(Nc4ccc(N[C@@H]5CCNC5)nc4)nc23)c1. The molecule has 0 radical (unpaired) electrons. The van der Waals surface area contributed by atoms with Crippen LogP contribution in [0, 0.1) is 0 Å². The number of fused-ring (bicyclic) bond motifs is 1. The predicted octanol–water partition coefficient (Wildman–Crippen LogP) is 3.73. The molecule has 1 aliphatic rings. The minimum Gasteiger partial charge on any atom is -0.366 e. The van der Waals surface area contributed by atoms with Crippen molar-refractivity contribution in [2.24, 2.45) is 0 Å². The largest absolute Gasteiger partial charge is 0.366 e. The van der Waals surface area contributed by atoms with Gasteiger partial charge in [-0.3, -0.25) is 9.78 Å². The van der Waals surface area contributed by atoms with Crippen LogP contribution in [0.1, 0.15) is 6.42 Å². The number of pyridine rings is 2. The third-order valence-electron chi connectivity index (χ3n) is 5.52. The number of aromatic nitrogens is 4. The zero-order valence-electron chi connectivity index (χ0n) is 18.5. The number of anilines is 4. The summed E-state index contributed by atoms with van der Waals surface area (Å²) >= 11 is 0. The Balaban J connectivity index is 1.39. The summed E-state index contributed by atoms with van der Waals surface area (Å²) in [5.41, 5.74) is 3.67. The van der Waals surface area contributed by atoms with Crippen LogP contribution in [0.3, 0.4) is 0 Å². The Morgan fingerprint density at radius 2 is 2.03 bits per heavy atom. The molecule has 0 saturated carbocycles. The molecule has 1 aromatic carbocycles. The normalized spacial score (nSPS) is 15.1. The lowest BCUT2D eigenvalue weighted by atomic mass is 10.1. The van der Waals surface area contributed by atoms with E-state index < -0.39 is 0 Å². The van der Waals surface area contributed by atoms with Crippen molar-refractivity contribution < 1.29 is 4.79 Å². The van der Waals surface area contributed by atoms with Crippen molar-refractivity contribution in [3.63, 3.8) is 0 Å². The van der Waals surface area contributed by atoms with Gasteiger partial charge in [0.2, 0.25) is 11.9 Å². The maximum atomic E-state index is 11.7. The molecule has 3 aromatic heterocycles. The van der Waals surface area contributed by atoms with Gasteiger partial charge < -0.3 is 21.3 Å². The van der Waals surface area contributed by atoms with E-state index in [2.05, 4.69) is 42.8 Å². The van der Waals surface area contributed by atoms with E-state index in [-0.39, 0.29) is 5.91 Å². The number of nitrogens with zero attached hydrogens (tertiary/aromatic N) is 4. The first-order valence-electron chi connectivity index (χ1n) is 11.0. The van der Waals surface area contributed by atoms with Gasteiger partial charge in [-0.05, 0) is 49.4 Å². The van der Waals surface area contributed by atoms with Gasteiger partial charge in [-0.25, -0.2) is 15.0 Å². The van der Waals surface area contributed by atoms with Gasteiger partial charge in [0.1, 0.15) is 11.3 Å². The fraction of sp³-hybridized carbons (Fsp3) is 0.160. The minimum atomic E-state index is -0.272. The smallest absolute Gasteiger partial charge is 0.247 e. The number of hydrogen-bond donors (Lipinski definition) is 4. The molecule has 1 saturated heterocycles. The van der Waals surface area contributed by atoms with Crippen molar-refractivity contribution in [2.75, 3.05) is 29.0 Å². The number of nitrogens with one attached hydrogen (secondary N) is 4. The van der Waals surface area contributed by atoms with Crippen molar-refractivity contribution >= 4 is 40.0 Å². The molecular weight excluding hydrogens is 428 g/mol. The van der Waals surface area contributed by atoms with E-state index in [9.17, 15) is 4.79 Å². The highest BCUT2D eigenvalue weighted by molar-refractivity contribution is 5.99. The first-order chi connectivity index (χ1) is 16.7. The highest BCUT2D eigenvalue weighted by Gasteiger charge is 2.14. The van der Waals surface area contributed by atoms with Gasteiger partial charge in [0.15, 0.2) is 0 Å². The second-order valence-electron chi connectivity index (χ2n) is 7.96. The van der Waals surface area contributed by atoms with Crippen LogP contribution in [-0.2, 0) is 4.79 Å². The summed E-state index contributed by atoms with van der Waals surface area (Å²) in [6.07, 6.45) is 7.56. The second-order valence-corrected chi connectivity index (χ2v) is 7.96. The molecule has 34 heavy (non-hydrogen) atoms. The van der Waals surface area contributed by atoms with Crippen LogP contribution >= 0.6 is 0 Å². The summed E-state index contributed by atoms with van der Waals surface area (Å²) in [4.78, 5) is 29.9. The summed E-state index contributed by atoms with van der Waals surface area (Å²) in [5.74, 6) is 1.01. The second kappa shape index (κ2) is 9.63. The maximum Gasteiger partial charge on any atom is 0.247 e. The first-order valence-corrected chi connectivity index (χ1v) is 11.0. The van der Waals surface area contributed by atoms with Crippen LogP contribution in [0.25, 0.3) is 22.2 Å². The highest BCUT2D eigenvalue weighted by atomic mass is 16.1. The monoisotopic (exact) mass is 452 g/mol. The predicted molar refractivity (Wildman–Crippen MR) is 134 cm³/mol. The molecule has 0 bridgehead atoms. The molecule has 1 aliphatic heterocycles. The fourth-order valence-electron chi connectivity index (χ4n) is 3.83. The van der Waals surface area contributed by atoms with Crippen molar-refractivity contribution in [1.82, 2.24) is 25.3 Å². The van der Waals surface area contributed by atoms with E-state index in [1.165, 1.54) is 6.08 Å². The van der Waals surface area contributed by atoms with Gasteiger partial charge in [-0.1, -0.05) is 18.7 Å². The Labute approximate surface area is 196 Å². The van der Waals surface area contributed by atoms with E-state index >= 15 is 0 Å². The summed E-state index contributed by atoms with van der Waals surface area (Å²) in [6.45, 7) is 5.47. The van der Waals surface area contributed by atoms with E-state index in [1.54, 1.807) is 18.6 Å². The highest BCUT2D eigenvalue weighted by Crippen LogP contribution is 2.28. The average molecular weight is 453 g/mol. The molecule has 0 unspecified atom stereocenters. The Morgan fingerprint density at radius 3 is 2.82 bits per heavy atom. The van der Waals surface area contributed by atoms with Gasteiger partial charge >= 0.3 is 0 Å². The van der Waals surface area contributed by atoms with Crippen LogP contribution in [0.15, 0.2) is 73.7 Å². The van der Waals surface area contributed by atoms with Gasteiger partial charge in [0, 0.05) is 41.6 Å². The van der Waals surface area contributed by atoms with Gasteiger partial charge in [0.25, 0.3) is 0 Å². The van der Waals surface area contributed by atoms with Gasteiger partial charge in [-0.2, -0.15) is 0 Å². The van der Waals surface area contributed by atoms with Crippen molar-refractivity contribution in [2.45, 2.75) is 12.5 Å². The summed E-state index contributed by atoms with van der Waals surface area (Å²) < 4.78 is 0. The Kier molecular flexibility index (Phi) is 6.09. The van der Waals surface area contributed by atoms with Gasteiger partial charge in [0.05, 0.1) is 17.6 Å². The molecule has 0 aliphatic carbocycles. The van der Waals surface area contributed by atoms with Crippen LogP contribution < -0.4 is 21.3 Å². The molecule has 1 fully saturated rings. The number of rotatable bonds is 7. The Bertz CT molecular complexity index is 1330. The lowest BCUT2D eigenvalue weighted by molar-refractivity contribution is -0.111. The van der Waals surface area contributed by atoms with Crippen LogP contribution in [0.4, 0.5) is 23.1 Å².